The van der Waals surface area contributed by atoms with Gasteiger partial charge in [-0.05, 0) is 25.0 Å². The van der Waals surface area contributed by atoms with E-state index in [2.05, 4.69) is 15.0 Å². The predicted molar refractivity (Wildman–Crippen MR) is 67.4 cm³/mol. The van der Waals surface area contributed by atoms with E-state index in [4.69, 9.17) is 17.3 Å². The number of hydrogen-bond acceptors (Lipinski definition) is 4. The lowest BCUT2D eigenvalue weighted by molar-refractivity contribution is 0.500. The Hall–Kier alpha value is -1.33. The molecule has 2 aromatic rings. The lowest BCUT2D eigenvalue weighted by atomic mass is 10.1. The van der Waals surface area contributed by atoms with Crippen LogP contribution in [0.4, 0.5) is 5.95 Å². The molecule has 0 radical (unpaired) electrons. The first-order chi connectivity index (χ1) is 8.22. The Morgan fingerprint density at radius 2 is 2.29 bits per heavy atom. The molecule has 0 spiro atoms. The molecular formula is C11H14ClN5. The highest BCUT2D eigenvalue weighted by atomic mass is 35.5. The standard InChI is InChI=1S/C11H14ClN5/c12-8-3-4-10-14-11(15-17(10)6-8)16-5-1-2-9(13)7-16/h3-4,6,9H,1-2,5,7,13H2/t9-/m1/s1. The van der Waals surface area contributed by atoms with Gasteiger partial charge in [-0.25, -0.2) is 4.52 Å². The summed E-state index contributed by atoms with van der Waals surface area (Å²) in [5.74, 6) is 0.738. The van der Waals surface area contributed by atoms with Crippen molar-refractivity contribution in [1.82, 2.24) is 14.6 Å². The summed E-state index contributed by atoms with van der Waals surface area (Å²) >= 11 is 5.91. The minimum Gasteiger partial charge on any atom is -0.338 e. The van der Waals surface area contributed by atoms with Gasteiger partial charge < -0.3 is 10.6 Å². The van der Waals surface area contributed by atoms with Crippen LogP contribution >= 0.6 is 11.6 Å². The number of hydrogen-bond donors (Lipinski definition) is 1. The third kappa shape index (κ3) is 2.08. The third-order valence-electron chi connectivity index (χ3n) is 3.02. The summed E-state index contributed by atoms with van der Waals surface area (Å²) in [4.78, 5) is 6.61. The van der Waals surface area contributed by atoms with Gasteiger partial charge >= 0.3 is 0 Å². The summed E-state index contributed by atoms with van der Waals surface area (Å²) in [6.45, 7) is 1.79. The highest BCUT2D eigenvalue weighted by Gasteiger charge is 2.20. The van der Waals surface area contributed by atoms with Gasteiger partial charge in [0.15, 0.2) is 5.65 Å². The lowest BCUT2D eigenvalue weighted by Gasteiger charge is -2.29. The number of pyridine rings is 1. The largest absolute Gasteiger partial charge is 0.338 e. The maximum atomic E-state index is 5.96. The van der Waals surface area contributed by atoms with Crippen molar-refractivity contribution < 1.29 is 0 Å². The van der Waals surface area contributed by atoms with Crippen molar-refractivity contribution in [3.8, 4) is 0 Å². The van der Waals surface area contributed by atoms with Crippen LogP contribution in [0.5, 0.6) is 0 Å². The van der Waals surface area contributed by atoms with E-state index in [9.17, 15) is 0 Å². The molecule has 3 rings (SSSR count). The van der Waals surface area contributed by atoms with E-state index in [1.54, 1.807) is 10.7 Å². The van der Waals surface area contributed by atoms with Crippen LogP contribution in [-0.4, -0.2) is 33.7 Å². The van der Waals surface area contributed by atoms with E-state index in [1.807, 2.05) is 12.1 Å². The molecule has 2 aromatic heterocycles. The van der Waals surface area contributed by atoms with Crippen molar-refractivity contribution >= 4 is 23.2 Å². The Morgan fingerprint density at radius 1 is 1.41 bits per heavy atom. The fourth-order valence-electron chi connectivity index (χ4n) is 2.17. The van der Waals surface area contributed by atoms with Gasteiger partial charge in [0, 0.05) is 25.3 Å². The topological polar surface area (TPSA) is 59.5 Å². The van der Waals surface area contributed by atoms with E-state index >= 15 is 0 Å². The molecule has 1 atom stereocenters. The van der Waals surface area contributed by atoms with Crippen LogP contribution in [0.3, 0.4) is 0 Å². The second-order valence-electron chi connectivity index (χ2n) is 4.41. The van der Waals surface area contributed by atoms with Gasteiger partial charge in [-0.1, -0.05) is 11.6 Å². The highest BCUT2D eigenvalue weighted by molar-refractivity contribution is 6.30. The van der Waals surface area contributed by atoms with Crippen LogP contribution in [0.25, 0.3) is 5.65 Å². The number of piperidine rings is 1. The minimum absolute atomic E-state index is 0.221. The minimum atomic E-state index is 0.221. The number of anilines is 1. The lowest BCUT2D eigenvalue weighted by Crippen LogP contribution is -2.43. The van der Waals surface area contributed by atoms with Crippen LogP contribution in [0.15, 0.2) is 18.3 Å². The first-order valence-corrected chi connectivity index (χ1v) is 6.12. The summed E-state index contributed by atoms with van der Waals surface area (Å²) in [7, 11) is 0. The van der Waals surface area contributed by atoms with Crippen LogP contribution in [-0.2, 0) is 0 Å². The molecule has 1 saturated heterocycles. The maximum Gasteiger partial charge on any atom is 0.245 e. The molecule has 0 unspecified atom stereocenters. The molecule has 1 aliphatic rings. The Morgan fingerprint density at radius 3 is 3.12 bits per heavy atom. The van der Waals surface area contributed by atoms with Crippen LogP contribution in [0, 0.1) is 0 Å². The normalized spacial score (nSPS) is 21.1. The van der Waals surface area contributed by atoms with Crippen LogP contribution in [0.2, 0.25) is 5.02 Å². The fourth-order valence-corrected chi connectivity index (χ4v) is 2.33. The first kappa shape index (κ1) is 10.8. The Kier molecular flexibility index (Phi) is 2.64. The second kappa shape index (κ2) is 4.16. The monoisotopic (exact) mass is 251 g/mol. The fraction of sp³-hybridized carbons (Fsp3) is 0.455. The molecule has 0 aliphatic carbocycles. The van der Waals surface area contributed by atoms with E-state index in [1.165, 1.54) is 0 Å². The Labute approximate surface area is 104 Å². The van der Waals surface area contributed by atoms with E-state index in [-0.39, 0.29) is 6.04 Å². The smallest absolute Gasteiger partial charge is 0.245 e. The zero-order valence-corrected chi connectivity index (χ0v) is 10.1. The third-order valence-corrected chi connectivity index (χ3v) is 3.25. The van der Waals surface area contributed by atoms with Crippen molar-refractivity contribution in [2.24, 2.45) is 5.73 Å². The number of nitrogens with two attached hydrogens (primary N) is 1. The van der Waals surface area contributed by atoms with Crippen molar-refractivity contribution in [2.45, 2.75) is 18.9 Å². The molecule has 6 heteroatoms. The summed E-state index contributed by atoms with van der Waals surface area (Å²) in [6, 6.07) is 3.90. The van der Waals surface area contributed by atoms with Gasteiger partial charge in [-0.2, -0.15) is 4.98 Å². The van der Waals surface area contributed by atoms with E-state index in [0.29, 0.717) is 5.02 Å². The molecule has 0 saturated carbocycles. The van der Waals surface area contributed by atoms with Gasteiger partial charge in [-0.15, -0.1) is 5.10 Å². The molecule has 5 nitrogen and oxygen atoms in total. The SMILES string of the molecule is N[C@@H]1CCCN(c2nc3ccc(Cl)cn3n2)C1. The van der Waals surface area contributed by atoms with Gasteiger partial charge in [0.25, 0.3) is 0 Å². The number of nitrogens with zero attached hydrogens (tertiary/aromatic N) is 4. The number of halogens is 1. The van der Waals surface area contributed by atoms with E-state index in [0.717, 1.165) is 37.5 Å². The average molecular weight is 252 g/mol. The van der Waals surface area contributed by atoms with Gasteiger partial charge in [0.1, 0.15) is 0 Å². The molecule has 1 aliphatic heterocycles. The number of rotatable bonds is 1. The number of aromatic nitrogens is 3. The van der Waals surface area contributed by atoms with Crippen molar-refractivity contribution in [3.05, 3.63) is 23.4 Å². The van der Waals surface area contributed by atoms with Gasteiger partial charge in [0.2, 0.25) is 5.95 Å². The van der Waals surface area contributed by atoms with Crippen molar-refractivity contribution in [3.63, 3.8) is 0 Å². The van der Waals surface area contributed by atoms with Crippen molar-refractivity contribution in [2.75, 3.05) is 18.0 Å². The van der Waals surface area contributed by atoms with Gasteiger partial charge in [0.05, 0.1) is 5.02 Å². The molecule has 1 fully saturated rings. The molecular weight excluding hydrogens is 238 g/mol. The molecule has 90 valence electrons. The predicted octanol–water partition coefficient (Wildman–Crippen LogP) is 1.31. The van der Waals surface area contributed by atoms with E-state index < -0.39 is 0 Å². The van der Waals surface area contributed by atoms with Crippen LogP contribution in [0.1, 0.15) is 12.8 Å². The molecule has 0 amide bonds. The second-order valence-corrected chi connectivity index (χ2v) is 4.85. The zero-order valence-electron chi connectivity index (χ0n) is 9.38. The zero-order chi connectivity index (χ0) is 11.8. The quantitative estimate of drug-likeness (QED) is 0.830. The molecule has 0 aromatic carbocycles. The average Bonchev–Trinajstić information content (AvgIpc) is 2.72. The molecule has 17 heavy (non-hydrogen) atoms. The maximum absolute atomic E-state index is 5.96. The summed E-state index contributed by atoms with van der Waals surface area (Å²) in [5, 5.41) is 5.08. The Balaban J connectivity index is 1.94. The van der Waals surface area contributed by atoms with Crippen molar-refractivity contribution in [1.29, 1.82) is 0 Å². The number of fused-ring (bicyclic) bond motifs is 1. The summed E-state index contributed by atoms with van der Waals surface area (Å²) in [5.41, 5.74) is 6.76. The Bertz CT molecular complexity index is 538. The first-order valence-electron chi connectivity index (χ1n) is 5.75. The van der Waals surface area contributed by atoms with Crippen LogP contribution < -0.4 is 10.6 Å². The molecule has 3 heterocycles. The molecule has 2 N–H and O–H groups in total. The summed E-state index contributed by atoms with van der Waals surface area (Å²) in [6.07, 6.45) is 3.93. The summed E-state index contributed by atoms with van der Waals surface area (Å²) < 4.78 is 1.71. The molecule has 0 bridgehead atoms. The highest BCUT2D eigenvalue weighted by Crippen LogP contribution is 2.17. The van der Waals surface area contributed by atoms with Gasteiger partial charge in [-0.3, -0.25) is 0 Å².